The van der Waals surface area contributed by atoms with Crippen LogP contribution in [0.1, 0.15) is 123 Å². The van der Waals surface area contributed by atoms with Gasteiger partial charge in [0.15, 0.2) is 0 Å². The third-order valence-corrected chi connectivity index (χ3v) is 6.52. The molecule has 0 aromatic heterocycles. The number of fused-ring (bicyclic) bond motifs is 1. The number of carbonyl (C=O) groups is 2. The van der Waals surface area contributed by atoms with Crippen molar-refractivity contribution in [2.45, 2.75) is 97.3 Å². The van der Waals surface area contributed by atoms with Gasteiger partial charge in [0.2, 0.25) is 0 Å². The van der Waals surface area contributed by atoms with Gasteiger partial charge in [0.25, 0.3) is 0 Å². The molecule has 1 aliphatic carbocycles. The average Bonchev–Trinajstić information content (AvgIpc) is 3.41. The molecule has 0 spiro atoms. The molecule has 2 aromatic carbocycles. The van der Waals surface area contributed by atoms with E-state index in [9.17, 15) is 9.59 Å². The maximum atomic E-state index is 12.4. The molecule has 0 heterocycles. The molecule has 202 valence electrons. The largest absolute Gasteiger partial charge is 0.462 e. The monoisotopic (exact) mass is 506 g/mol. The minimum atomic E-state index is -0.444. The van der Waals surface area contributed by atoms with E-state index in [-0.39, 0.29) is 0 Å². The van der Waals surface area contributed by atoms with E-state index in [2.05, 4.69) is 50.3 Å². The lowest BCUT2D eigenvalue weighted by Crippen LogP contribution is -2.15. The van der Waals surface area contributed by atoms with Crippen LogP contribution in [-0.2, 0) is 15.9 Å². The molecule has 0 unspecified atom stereocenters. The highest BCUT2D eigenvalue weighted by Crippen LogP contribution is 2.17. The van der Waals surface area contributed by atoms with Crippen LogP contribution >= 0.6 is 0 Å². The fourth-order valence-corrected chi connectivity index (χ4v) is 4.28. The summed E-state index contributed by atoms with van der Waals surface area (Å²) in [7, 11) is 0. The molecule has 37 heavy (non-hydrogen) atoms. The van der Waals surface area contributed by atoms with Gasteiger partial charge in [0, 0.05) is 0 Å². The fourth-order valence-electron chi connectivity index (χ4n) is 4.28. The second-order valence-electron chi connectivity index (χ2n) is 9.66. The van der Waals surface area contributed by atoms with Crippen molar-refractivity contribution >= 4 is 18.0 Å². The van der Waals surface area contributed by atoms with E-state index in [0.29, 0.717) is 24.3 Å². The molecule has 0 N–H and O–H groups in total. The van der Waals surface area contributed by atoms with Gasteiger partial charge in [-0.05, 0) is 42.5 Å². The van der Waals surface area contributed by atoms with E-state index < -0.39 is 11.9 Å². The van der Waals surface area contributed by atoms with Gasteiger partial charge in [-0.2, -0.15) is 0 Å². The SMILES string of the molecule is C1=Cc2ccccc2C1.CCCCCCCCOC(=O)c1ccccc1C(=O)OCCCCCCCC. The molecule has 2 aromatic rings. The van der Waals surface area contributed by atoms with Crippen LogP contribution in [0.5, 0.6) is 0 Å². The predicted molar refractivity (Wildman–Crippen MR) is 153 cm³/mol. The third-order valence-electron chi connectivity index (χ3n) is 6.52. The molecule has 0 fully saturated rings. The first-order valence-electron chi connectivity index (χ1n) is 14.3. The van der Waals surface area contributed by atoms with Crippen LogP contribution in [0.25, 0.3) is 6.08 Å². The van der Waals surface area contributed by atoms with Gasteiger partial charge in [-0.15, -0.1) is 0 Å². The van der Waals surface area contributed by atoms with Crippen LogP contribution in [0.4, 0.5) is 0 Å². The molecule has 0 atom stereocenters. The van der Waals surface area contributed by atoms with Crippen LogP contribution in [0.2, 0.25) is 0 Å². The normalized spacial score (nSPS) is 11.4. The lowest BCUT2D eigenvalue weighted by atomic mass is 10.1. The van der Waals surface area contributed by atoms with Gasteiger partial charge in [-0.1, -0.05) is 127 Å². The molecule has 0 aliphatic heterocycles. The molecule has 0 amide bonds. The number of unbranched alkanes of at least 4 members (excludes halogenated alkanes) is 10. The van der Waals surface area contributed by atoms with Crippen molar-refractivity contribution in [1.82, 2.24) is 0 Å². The van der Waals surface area contributed by atoms with Crippen LogP contribution in [-0.4, -0.2) is 25.2 Å². The van der Waals surface area contributed by atoms with Gasteiger partial charge in [0.05, 0.1) is 24.3 Å². The Morgan fingerprint density at radius 2 is 1.08 bits per heavy atom. The number of esters is 2. The van der Waals surface area contributed by atoms with Crippen molar-refractivity contribution in [3.8, 4) is 0 Å². The topological polar surface area (TPSA) is 52.6 Å². The van der Waals surface area contributed by atoms with Crippen molar-refractivity contribution in [3.63, 3.8) is 0 Å². The zero-order valence-electron chi connectivity index (χ0n) is 23.0. The first-order valence-corrected chi connectivity index (χ1v) is 14.3. The lowest BCUT2D eigenvalue weighted by Gasteiger charge is -2.10. The number of hydrogen-bond acceptors (Lipinski definition) is 4. The molecular formula is C33H46O4. The smallest absolute Gasteiger partial charge is 0.339 e. The van der Waals surface area contributed by atoms with Gasteiger partial charge >= 0.3 is 11.9 Å². The summed E-state index contributed by atoms with van der Waals surface area (Å²) in [5.74, 6) is -0.888. The summed E-state index contributed by atoms with van der Waals surface area (Å²) in [5, 5.41) is 0. The highest BCUT2D eigenvalue weighted by atomic mass is 16.5. The number of carbonyl (C=O) groups excluding carboxylic acids is 2. The Morgan fingerprint density at radius 3 is 1.59 bits per heavy atom. The summed E-state index contributed by atoms with van der Waals surface area (Å²) in [5.41, 5.74) is 3.43. The van der Waals surface area contributed by atoms with Gasteiger partial charge in [-0.3, -0.25) is 0 Å². The maximum Gasteiger partial charge on any atom is 0.339 e. The Labute approximate surface area is 224 Å². The van der Waals surface area contributed by atoms with Crippen molar-refractivity contribution in [2.24, 2.45) is 0 Å². The quantitative estimate of drug-likeness (QED) is 0.168. The molecule has 3 rings (SSSR count). The van der Waals surface area contributed by atoms with Crippen LogP contribution in [0.15, 0.2) is 54.6 Å². The fraction of sp³-hybridized carbons (Fsp3) is 0.515. The number of ether oxygens (including phenoxy) is 2. The van der Waals surface area contributed by atoms with Gasteiger partial charge in [0.1, 0.15) is 0 Å². The van der Waals surface area contributed by atoms with Crippen molar-refractivity contribution in [3.05, 3.63) is 76.9 Å². The Hall–Kier alpha value is -2.88. The minimum absolute atomic E-state index is 0.293. The molecule has 0 saturated carbocycles. The van der Waals surface area contributed by atoms with Crippen molar-refractivity contribution in [2.75, 3.05) is 13.2 Å². The van der Waals surface area contributed by atoms with Crippen LogP contribution in [0.3, 0.4) is 0 Å². The Kier molecular flexibility index (Phi) is 15.8. The van der Waals surface area contributed by atoms with Crippen LogP contribution in [0, 0.1) is 0 Å². The lowest BCUT2D eigenvalue weighted by molar-refractivity contribution is 0.0450. The Balaban J connectivity index is 0.000000439. The molecule has 0 bridgehead atoms. The van der Waals surface area contributed by atoms with Gasteiger partial charge in [-0.25, -0.2) is 9.59 Å². The van der Waals surface area contributed by atoms with E-state index in [1.54, 1.807) is 24.3 Å². The summed E-state index contributed by atoms with van der Waals surface area (Å²) in [6, 6.07) is 15.2. The second kappa shape index (κ2) is 19.3. The van der Waals surface area contributed by atoms with Crippen molar-refractivity contribution in [1.29, 1.82) is 0 Å². The van der Waals surface area contributed by atoms with E-state index >= 15 is 0 Å². The third kappa shape index (κ3) is 12.3. The van der Waals surface area contributed by atoms with Crippen LogP contribution < -0.4 is 0 Å². The number of benzene rings is 2. The summed E-state index contributed by atoms with van der Waals surface area (Å²) in [4.78, 5) is 24.7. The van der Waals surface area contributed by atoms with Gasteiger partial charge < -0.3 is 9.47 Å². The van der Waals surface area contributed by atoms with Crippen molar-refractivity contribution < 1.29 is 19.1 Å². The minimum Gasteiger partial charge on any atom is -0.462 e. The highest BCUT2D eigenvalue weighted by Gasteiger charge is 2.18. The standard InChI is InChI=1S/C24H38O4.C9H8/c1-3-5-7-9-11-15-19-27-23(25)21-17-13-14-18-22(21)24(26)28-20-16-12-10-8-6-4-2;1-2-5-9-7-3-6-8(9)4-1/h13-14,17-18H,3-12,15-16,19-20H2,1-2H3;1-6H,7H2. The molecule has 0 saturated heterocycles. The second-order valence-corrected chi connectivity index (χ2v) is 9.66. The number of hydrogen-bond donors (Lipinski definition) is 0. The van der Waals surface area contributed by atoms with E-state index in [1.807, 2.05) is 0 Å². The molecule has 1 aliphatic rings. The zero-order chi connectivity index (χ0) is 26.6. The van der Waals surface area contributed by atoms with E-state index in [0.717, 1.165) is 32.1 Å². The predicted octanol–water partition coefficient (Wildman–Crippen LogP) is 8.98. The summed E-state index contributed by atoms with van der Waals surface area (Å²) >= 11 is 0. The summed E-state index contributed by atoms with van der Waals surface area (Å²) in [6.07, 6.45) is 19.1. The molecule has 0 radical (unpaired) electrons. The molecule has 4 heteroatoms. The van der Waals surface area contributed by atoms with E-state index in [1.165, 1.54) is 62.5 Å². The first-order chi connectivity index (χ1) is 18.2. The summed E-state index contributed by atoms with van der Waals surface area (Å²) < 4.78 is 10.7. The molecular weight excluding hydrogens is 460 g/mol. The summed E-state index contributed by atoms with van der Waals surface area (Å²) in [6.45, 7) is 5.17. The molecule has 4 nitrogen and oxygen atoms in total. The Bertz CT molecular complexity index is 898. The van der Waals surface area contributed by atoms with E-state index in [4.69, 9.17) is 9.47 Å². The zero-order valence-corrected chi connectivity index (χ0v) is 23.0. The maximum absolute atomic E-state index is 12.4. The number of allylic oxidation sites excluding steroid dienone is 1. The highest BCUT2D eigenvalue weighted by molar-refractivity contribution is 6.03. The first kappa shape index (κ1) is 30.3. The number of rotatable bonds is 16. The average molecular weight is 507 g/mol. The Morgan fingerprint density at radius 1 is 0.622 bits per heavy atom.